The zero-order valence-electron chi connectivity index (χ0n) is 18.9. The van der Waals surface area contributed by atoms with Crippen LogP contribution in [0.1, 0.15) is 29.2 Å². The lowest BCUT2D eigenvalue weighted by atomic mass is 10.1. The maximum Gasteiger partial charge on any atom is 0.573 e. The van der Waals surface area contributed by atoms with Gasteiger partial charge in [0.2, 0.25) is 5.43 Å². The van der Waals surface area contributed by atoms with Gasteiger partial charge in [0.15, 0.2) is 0 Å². The van der Waals surface area contributed by atoms with Gasteiger partial charge in [0, 0.05) is 49.5 Å². The summed E-state index contributed by atoms with van der Waals surface area (Å²) < 4.78 is 57.7. The fourth-order valence-electron chi connectivity index (χ4n) is 4.38. The molecular formula is C24H22F4N4O4. The number of carboxylic acid groups (broad SMARTS) is 1. The van der Waals surface area contributed by atoms with Crippen LogP contribution in [0, 0.1) is 5.82 Å². The molecule has 8 nitrogen and oxygen atoms in total. The lowest BCUT2D eigenvalue weighted by molar-refractivity contribution is -0.274. The highest BCUT2D eigenvalue weighted by Crippen LogP contribution is 2.38. The molecule has 1 saturated heterocycles. The highest BCUT2D eigenvalue weighted by molar-refractivity contribution is 5.93. The summed E-state index contributed by atoms with van der Waals surface area (Å²) >= 11 is 0. The lowest BCUT2D eigenvalue weighted by Crippen LogP contribution is -2.48. The van der Waals surface area contributed by atoms with E-state index < -0.39 is 23.6 Å². The van der Waals surface area contributed by atoms with E-state index in [2.05, 4.69) is 10.2 Å². The number of halogens is 4. The van der Waals surface area contributed by atoms with E-state index in [4.69, 9.17) is 0 Å². The summed E-state index contributed by atoms with van der Waals surface area (Å²) in [5, 5.41) is 11.3. The van der Waals surface area contributed by atoms with E-state index in [1.807, 2.05) is 9.91 Å². The van der Waals surface area contributed by atoms with Gasteiger partial charge in [-0.15, -0.1) is 13.2 Å². The maximum absolute atomic E-state index is 15.1. The van der Waals surface area contributed by atoms with Gasteiger partial charge in [0.05, 0.1) is 11.2 Å². The molecule has 0 radical (unpaired) electrons. The van der Waals surface area contributed by atoms with Crippen LogP contribution in [0.25, 0.3) is 10.9 Å². The van der Waals surface area contributed by atoms with Gasteiger partial charge < -0.3 is 24.7 Å². The van der Waals surface area contributed by atoms with Crippen molar-refractivity contribution < 1.29 is 32.2 Å². The molecule has 36 heavy (non-hydrogen) atoms. The summed E-state index contributed by atoms with van der Waals surface area (Å²) in [7, 11) is 0. The average Bonchev–Trinajstić information content (AvgIpc) is 3.65. The van der Waals surface area contributed by atoms with Crippen molar-refractivity contribution in [1.82, 2.24) is 9.58 Å². The minimum Gasteiger partial charge on any atom is -0.477 e. The number of alkyl halides is 3. The second-order valence-electron chi connectivity index (χ2n) is 8.79. The summed E-state index contributed by atoms with van der Waals surface area (Å²) in [5.41, 5.74) is 3.45. The van der Waals surface area contributed by atoms with Crippen molar-refractivity contribution in [1.29, 1.82) is 0 Å². The molecule has 1 saturated carbocycles. The van der Waals surface area contributed by atoms with E-state index in [1.165, 1.54) is 30.5 Å². The minimum atomic E-state index is -4.75. The first-order valence-electron chi connectivity index (χ1n) is 11.3. The predicted octanol–water partition coefficient (Wildman–Crippen LogP) is 4.22. The molecule has 12 heteroatoms. The molecule has 0 amide bonds. The number of fused-ring (bicyclic) bond motifs is 1. The summed E-state index contributed by atoms with van der Waals surface area (Å²) in [6, 6.07) is 8.18. The van der Waals surface area contributed by atoms with Crippen LogP contribution in [0.3, 0.4) is 0 Å². The zero-order valence-corrected chi connectivity index (χ0v) is 18.9. The Bertz CT molecular complexity index is 1360. The number of rotatable bonds is 6. The van der Waals surface area contributed by atoms with Crippen molar-refractivity contribution in [3.8, 4) is 5.75 Å². The number of anilines is 2. The number of ether oxygens (including phenoxy) is 1. The van der Waals surface area contributed by atoms with Gasteiger partial charge in [-0.1, -0.05) is 0 Å². The molecule has 0 atom stereocenters. The van der Waals surface area contributed by atoms with E-state index in [0.29, 0.717) is 43.1 Å². The van der Waals surface area contributed by atoms with Crippen molar-refractivity contribution in [3.63, 3.8) is 0 Å². The average molecular weight is 506 g/mol. The number of piperazine rings is 1. The number of hydrogen-bond acceptors (Lipinski definition) is 6. The molecule has 0 spiro atoms. The summed E-state index contributed by atoms with van der Waals surface area (Å²) in [4.78, 5) is 26.0. The Labute approximate surface area is 202 Å². The second-order valence-corrected chi connectivity index (χ2v) is 8.79. The number of aromatic carboxylic acids is 1. The third kappa shape index (κ3) is 4.94. The highest BCUT2D eigenvalue weighted by atomic mass is 19.4. The van der Waals surface area contributed by atoms with Crippen LogP contribution in [0.5, 0.6) is 5.75 Å². The van der Waals surface area contributed by atoms with Crippen LogP contribution >= 0.6 is 0 Å². The molecule has 1 aliphatic carbocycles. The molecule has 2 N–H and O–H groups in total. The van der Waals surface area contributed by atoms with E-state index in [9.17, 15) is 27.9 Å². The number of nitrogens with zero attached hydrogens (tertiary/aromatic N) is 3. The quantitative estimate of drug-likeness (QED) is 0.484. The molecular weight excluding hydrogens is 484 g/mol. The molecule has 1 aliphatic heterocycles. The molecule has 1 aromatic heterocycles. The molecule has 5 rings (SSSR count). The van der Waals surface area contributed by atoms with Crippen molar-refractivity contribution in [2.45, 2.75) is 25.2 Å². The molecule has 190 valence electrons. The fraction of sp³-hybridized carbons (Fsp3) is 0.333. The van der Waals surface area contributed by atoms with Gasteiger partial charge in [-0.05, 0) is 49.2 Å². The monoisotopic (exact) mass is 506 g/mol. The van der Waals surface area contributed by atoms with Crippen molar-refractivity contribution in [3.05, 3.63) is 64.2 Å². The Morgan fingerprint density at radius 1 is 1.06 bits per heavy atom. The van der Waals surface area contributed by atoms with Gasteiger partial charge in [-0.25, -0.2) is 14.2 Å². The van der Waals surface area contributed by atoms with Crippen molar-refractivity contribution in [2.75, 3.05) is 36.5 Å². The minimum absolute atomic E-state index is 0.0429. The predicted molar refractivity (Wildman–Crippen MR) is 124 cm³/mol. The highest BCUT2D eigenvalue weighted by Gasteiger charge is 2.31. The molecule has 0 bridgehead atoms. The first-order valence-corrected chi connectivity index (χ1v) is 11.3. The summed E-state index contributed by atoms with van der Waals surface area (Å²) in [6.45, 7) is 1.88. The Balaban J connectivity index is 1.31. The van der Waals surface area contributed by atoms with Crippen molar-refractivity contribution >= 4 is 28.2 Å². The SMILES string of the molecule is O=C(O)c1cn(C2CC2)c2cc(N3CCN(Nc4ccc(OC(F)(F)F)cc4)CC3)c(F)cc2c1=O. The molecule has 0 unspecified atom stereocenters. The Hall–Kier alpha value is -3.80. The standard InChI is InChI=1S/C24H22F4N4O4/c25-19-11-17-20(32(15-3-4-15)13-18(22(17)33)23(34)35)12-21(19)30-7-9-31(10-8-30)29-14-1-5-16(6-2-14)36-24(26,27)28/h1-2,5-6,11-13,15,29H,3-4,7-10H2,(H,34,35). The molecule has 2 heterocycles. The second kappa shape index (κ2) is 9.01. The lowest BCUT2D eigenvalue weighted by Gasteiger charge is -2.36. The fourth-order valence-corrected chi connectivity index (χ4v) is 4.38. The normalized spacial score (nSPS) is 16.8. The number of pyridine rings is 1. The molecule has 3 aromatic rings. The van der Waals surface area contributed by atoms with Crippen LogP contribution in [0.2, 0.25) is 0 Å². The van der Waals surface area contributed by atoms with E-state index in [1.54, 1.807) is 10.6 Å². The van der Waals surface area contributed by atoms with E-state index in [-0.39, 0.29) is 22.7 Å². The van der Waals surface area contributed by atoms with Gasteiger partial charge in [0.1, 0.15) is 17.1 Å². The number of carboxylic acids is 1. The number of nitrogens with one attached hydrogen (secondary N) is 1. The summed E-state index contributed by atoms with van der Waals surface area (Å²) in [6.07, 6.45) is -1.69. The third-order valence-corrected chi connectivity index (χ3v) is 6.27. The van der Waals surface area contributed by atoms with Gasteiger partial charge in [0.25, 0.3) is 0 Å². The smallest absolute Gasteiger partial charge is 0.477 e. The maximum atomic E-state index is 15.1. The molecule has 2 aromatic carbocycles. The van der Waals surface area contributed by atoms with Gasteiger partial charge in [-0.3, -0.25) is 4.79 Å². The van der Waals surface area contributed by atoms with Gasteiger partial charge in [-0.2, -0.15) is 0 Å². The van der Waals surface area contributed by atoms with Crippen LogP contribution in [0.15, 0.2) is 47.4 Å². The zero-order chi connectivity index (χ0) is 25.6. The number of hydrazine groups is 1. The molecule has 2 aliphatic rings. The van der Waals surface area contributed by atoms with Crippen LogP contribution in [-0.4, -0.2) is 53.2 Å². The first-order chi connectivity index (χ1) is 17.1. The first kappa shape index (κ1) is 23.9. The molecule has 2 fully saturated rings. The van der Waals surface area contributed by atoms with Gasteiger partial charge >= 0.3 is 12.3 Å². The Morgan fingerprint density at radius 3 is 2.31 bits per heavy atom. The third-order valence-electron chi connectivity index (χ3n) is 6.27. The number of hydrogen-bond donors (Lipinski definition) is 2. The van der Waals surface area contributed by atoms with E-state index >= 15 is 4.39 Å². The topological polar surface area (TPSA) is 87.0 Å². The largest absolute Gasteiger partial charge is 0.573 e. The van der Waals surface area contributed by atoms with Crippen molar-refractivity contribution in [2.24, 2.45) is 0 Å². The van der Waals surface area contributed by atoms with Crippen LogP contribution < -0.4 is 20.5 Å². The van der Waals surface area contributed by atoms with Crippen LogP contribution in [0.4, 0.5) is 28.9 Å². The number of aromatic nitrogens is 1. The van der Waals surface area contributed by atoms with Crippen LogP contribution in [-0.2, 0) is 0 Å². The number of carbonyl (C=O) groups is 1. The number of benzene rings is 2. The van der Waals surface area contributed by atoms with E-state index in [0.717, 1.165) is 18.9 Å². The Kier molecular flexibility index (Phi) is 5.99. The summed E-state index contributed by atoms with van der Waals surface area (Å²) in [5.74, 6) is -2.26. The Morgan fingerprint density at radius 2 is 1.72 bits per heavy atom.